The largest absolute Gasteiger partial charge is 0.354 e. The Morgan fingerprint density at radius 2 is 2.05 bits per heavy atom. The summed E-state index contributed by atoms with van der Waals surface area (Å²) in [7, 11) is 0. The average molecular weight is 288 g/mol. The summed E-state index contributed by atoms with van der Waals surface area (Å²) in [4.78, 5) is 20.7. The van der Waals surface area contributed by atoms with E-state index in [-0.39, 0.29) is 11.9 Å². The molecule has 0 spiro atoms. The highest BCUT2D eigenvalue weighted by atomic mass is 16.2. The zero-order valence-electron chi connectivity index (χ0n) is 12.7. The molecule has 0 aromatic carbocycles. The number of anilines is 1. The summed E-state index contributed by atoms with van der Waals surface area (Å²) in [5, 5.41) is 3.35. The number of likely N-dealkylation sites (tertiary alicyclic amines) is 1. The van der Waals surface area contributed by atoms with Crippen LogP contribution in [0.4, 0.5) is 5.82 Å². The summed E-state index contributed by atoms with van der Waals surface area (Å²) in [6, 6.07) is 4.46. The number of nitrogens with zero attached hydrogens (tertiary/aromatic N) is 3. The molecule has 3 rings (SSSR count). The lowest BCUT2D eigenvalue weighted by atomic mass is 9.96. The zero-order valence-corrected chi connectivity index (χ0v) is 12.7. The third-order valence-electron chi connectivity index (χ3n) is 4.50. The molecule has 2 aliphatic rings. The molecule has 5 nitrogen and oxygen atoms in total. The highest BCUT2D eigenvalue weighted by Gasteiger charge is 2.26. The van der Waals surface area contributed by atoms with E-state index >= 15 is 0 Å². The van der Waals surface area contributed by atoms with Gasteiger partial charge in [-0.05, 0) is 30.9 Å². The van der Waals surface area contributed by atoms with Crippen molar-refractivity contribution in [3.63, 3.8) is 0 Å². The van der Waals surface area contributed by atoms with Crippen LogP contribution >= 0.6 is 0 Å². The van der Waals surface area contributed by atoms with E-state index in [1.807, 2.05) is 11.1 Å². The fraction of sp³-hybridized carbons (Fsp3) is 0.625. The number of hydrogen-bond acceptors (Lipinski definition) is 4. The van der Waals surface area contributed by atoms with Crippen LogP contribution in [-0.2, 0) is 4.79 Å². The first-order valence-corrected chi connectivity index (χ1v) is 7.94. The van der Waals surface area contributed by atoms with Gasteiger partial charge in [-0.2, -0.15) is 0 Å². The van der Waals surface area contributed by atoms with Crippen LogP contribution in [0.2, 0.25) is 0 Å². The molecule has 21 heavy (non-hydrogen) atoms. The Kier molecular flexibility index (Phi) is 4.39. The van der Waals surface area contributed by atoms with Crippen molar-refractivity contribution in [1.82, 2.24) is 15.2 Å². The van der Waals surface area contributed by atoms with E-state index in [1.165, 1.54) is 12.0 Å². The monoisotopic (exact) mass is 288 g/mol. The maximum absolute atomic E-state index is 11.8. The normalized spacial score (nSPS) is 23.2. The fourth-order valence-corrected chi connectivity index (χ4v) is 3.33. The molecule has 1 amide bonds. The second-order valence-electron chi connectivity index (χ2n) is 5.91. The summed E-state index contributed by atoms with van der Waals surface area (Å²) in [5.41, 5.74) is 1.17. The predicted molar refractivity (Wildman–Crippen MR) is 83.3 cm³/mol. The lowest BCUT2D eigenvalue weighted by molar-refractivity contribution is -0.132. The molecule has 1 aromatic rings. The Bertz CT molecular complexity index is 482. The molecule has 0 radical (unpaired) electrons. The van der Waals surface area contributed by atoms with Crippen molar-refractivity contribution in [1.29, 1.82) is 0 Å². The van der Waals surface area contributed by atoms with Gasteiger partial charge in [0, 0.05) is 45.8 Å². The van der Waals surface area contributed by atoms with Gasteiger partial charge in [-0.15, -0.1) is 0 Å². The van der Waals surface area contributed by atoms with Crippen LogP contribution < -0.4 is 10.2 Å². The number of hydrogen-bond donors (Lipinski definition) is 1. The lowest BCUT2D eigenvalue weighted by Gasteiger charge is -2.35. The summed E-state index contributed by atoms with van der Waals surface area (Å²) < 4.78 is 0. The number of piperidine rings is 1. The smallest absolute Gasteiger partial charge is 0.219 e. The summed E-state index contributed by atoms with van der Waals surface area (Å²) in [6.07, 6.45) is 5.31. The molecule has 3 heterocycles. The Labute approximate surface area is 126 Å². The molecule has 1 unspecified atom stereocenters. The van der Waals surface area contributed by atoms with Gasteiger partial charge in [0.1, 0.15) is 5.82 Å². The fourth-order valence-electron chi connectivity index (χ4n) is 3.33. The number of carbonyl (C=O) groups excluding carboxylic acids is 1. The quantitative estimate of drug-likeness (QED) is 0.897. The second-order valence-corrected chi connectivity index (χ2v) is 5.91. The number of piperazine rings is 1. The Balaban J connectivity index is 1.74. The minimum Gasteiger partial charge on any atom is -0.354 e. The van der Waals surface area contributed by atoms with E-state index in [2.05, 4.69) is 27.3 Å². The summed E-state index contributed by atoms with van der Waals surface area (Å²) >= 11 is 0. The SMILES string of the molecule is CC(=O)N1CCCCC1c1ccc(N2CCNCC2)nc1. The van der Waals surface area contributed by atoms with Gasteiger partial charge in [0.25, 0.3) is 0 Å². The minimum absolute atomic E-state index is 0.172. The van der Waals surface area contributed by atoms with Crippen LogP contribution in [-0.4, -0.2) is 48.5 Å². The molecular weight excluding hydrogens is 264 g/mol. The van der Waals surface area contributed by atoms with E-state index in [1.54, 1.807) is 6.92 Å². The highest BCUT2D eigenvalue weighted by Crippen LogP contribution is 2.31. The van der Waals surface area contributed by atoms with Crippen LogP contribution in [0, 0.1) is 0 Å². The van der Waals surface area contributed by atoms with Gasteiger partial charge in [-0.3, -0.25) is 4.79 Å². The third-order valence-corrected chi connectivity index (χ3v) is 4.50. The van der Waals surface area contributed by atoms with Gasteiger partial charge >= 0.3 is 0 Å². The molecule has 2 saturated heterocycles. The van der Waals surface area contributed by atoms with Gasteiger partial charge in [0.05, 0.1) is 6.04 Å². The van der Waals surface area contributed by atoms with Gasteiger partial charge in [-0.25, -0.2) is 4.98 Å². The van der Waals surface area contributed by atoms with E-state index < -0.39 is 0 Å². The first-order valence-electron chi connectivity index (χ1n) is 7.94. The molecular formula is C16H24N4O. The molecule has 114 valence electrons. The Morgan fingerprint density at radius 3 is 2.71 bits per heavy atom. The third kappa shape index (κ3) is 3.18. The molecule has 5 heteroatoms. The van der Waals surface area contributed by atoms with Crippen molar-refractivity contribution in [2.24, 2.45) is 0 Å². The zero-order chi connectivity index (χ0) is 14.7. The summed E-state index contributed by atoms with van der Waals surface area (Å²) in [6.45, 7) is 6.60. The van der Waals surface area contributed by atoms with Crippen molar-refractivity contribution in [3.05, 3.63) is 23.9 Å². The Hall–Kier alpha value is -1.62. The number of carbonyl (C=O) groups is 1. The van der Waals surface area contributed by atoms with Crippen molar-refractivity contribution in [3.8, 4) is 0 Å². The van der Waals surface area contributed by atoms with Crippen LogP contribution in [0.3, 0.4) is 0 Å². The van der Waals surface area contributed by atoms with Crippen LogP contribution in [0.15, 0.2) is 18.3 Å². The topological polar surface area (TPSA) is 48.5 Å². The lowest BCUT2D eigenvalue weighted by Crippen LogP contribution is -2.43. The van der Waals surface area contributed by atoms with Gasteiger partial charge < -0.3 is 15.1 Å². The first-order chi connectivity index (χ1) is 10.3. The molecule has 1 N–H and O–H groups in total. The van der Waals surface area contributed by atoms with Crippen molar-refractivity contribution in [2.75, 3.05) is 37.6 Å². The maximum atomic E-state index is 11.8. The first kappa shape index (κ1) is 14.3. The number of nitrogens with one attached hydrogen (secondary N) is 1. The van der Waals surface area contributed by atoms with Crippen molar-refractivity contribution in [2.45, 2.75) is 32.2 Å². The van der Waals surface area contributed by atoms with Gasteiger partial charge in [0.2, 0.25) is 5.91 Å². The molecule has 1 aromatic heterocycles. The molecule has 0 bridgehead atoms. The van der Waals surface area contributed by atoms with E-state index in [0.29, 0.717) is 0 Å². The predicted octanol–water partition coefficient (Wildman–Crippen LogP) is 1.56. The van der Waals surface area contributed by atoms with E-state index in [9.17, 15) is 4.79 Å². The highest BCUT2D eigenvalue weighted by molar-refractivity contribution is 5.74. The van der Waals surface area contributed by atoms with Gasteiger partial charge in [-0.1, -0.05) is 6.07 Å². The number of amides is 1. The maximum Gasteiger partial charge on any atom is 0.219 e. The van der Waals surface area contributed by atoms with Crippen LogP contribution in [0.25, 0.3) is 0 Å². The standard InChI is InChI=1S/C16H24N4O/c1-13(21)20-9-3-2-4-15(20)14-5-6-16(18-12-14)19-10-7-17-8-11-19/h5-6,12,15,17H,2-4,7-11H2,1H3. The molecule has 2 fully saturated rings. The van der Waals surface area contributed by atoms with Crippen LogP contribution in [0.5, 0.6) is 0 Å². The number of rotatable bonds is 2. The Morgan fingerprint density at radius 1 is 1.24 bits per heavy atom. The van der Waals surface area contributed by atoms with E-state index in [4.69, 9.17) is 0 Å². The minimum atomic E-state index is 0.172. The molecule has 0 saturated carbocycles. The van der Waals surface area contributed by atoms with Gasteiger partial charge in [0.15, 0.2) is 0 Å². The van der Waals surface area contributed by atoms with E-state index in [0.717, 1.165) is 51.4 Å². The molecule has 1 atom stereocenters. The number of aromatic nitrogens is 1. The molecule has 2 aliphatic heterocycles. The van der Waals surface area contributed by atoms with Crippen LogP contribution in [0.1, 0.15) is 37.8 Å². The summed E-state index contributed by atoms with van der Waals surface area (Å²) in [5.74, 6) is 1.22. The molecule has 0 aliphatic carbocycles. The average Bonchev–Trinajstić information content (AvgIpc) is 2.56. The van der Waals surface area contributed by atoms with Crippen molar-refractivity contribution < 1.29 is 4.79 Å². The van der Waals surface area contributed by atoms with Crippen molar-refractivity contribution >= 4 is 11.7 Å². The number of pyridine rings is 1. The second kappa shape index (κ2) is 6.43.